The number of aryl methyl sites for hydroxylation is 2. The third kappa shape index (κ3) is 3.05. The summed E-state index contributed by atoms with van der Waals surface area (Å²) in [4.78, 5) is 4.38. The Morgan fingerprint density at radius 2 is 2.18 bits per heavy atom. The Morgan fingerprint density at radius 1 is 1.41 bits per heavy atom. The summed E-state index contributed by atoms with van der Waals surface area (Å²) in [6.07, 6.45) is 0.130. The van der Waals surface area contributed by atoms with Crippen molar-refractivity contribution >= 4 is 33.9 Å². The van der Waals surface area contributed by atoms with Crippen LogP contribution in [0, 0.1) is 17.4 Å². The molecule has 0 saturated heterocycles. The summed E-state index contributed by atoms with van der Waals surface area (Å²) in [6, 6.07) is 6.04. The summed E-state index contributed by atoms with van der Waals surface area (Å²) >= 11 is 3.90. The Morgan fingerprint density at radius 3 is 2.82 bits per heavy atom. The van der Waals surface area contributed by atoms with E-state index in [0.717, 1.165) is 19.8 Å². The minimum Gasteiger partial charge on any atom is -0.388 e. The molecule has 0 aliphatic heterocycles. The summed E-state index contributed by atoms with van der Waals surface area (Å²) in [5.41, 5.74) is 3.23. The molecule has 2 nitrogen and oxygen atoms in total. The zero-order valence-electron chi connectivity index (χ0n) is 9.77. The van der Waals surface area contributed by atoms with Gasteiger partial charge in [0.15, 0.2) is 0 Å². The molecule has 0 aliphatic carbocycles. The third-order valence-corrected chi connectivity index (χ3v) is 5.08. The average Bonchev–Trinajstić information content (AvgIpc) is 2.68. The van der Waals surface area contributed by atoms with Crippen molar-refractivity contribution in [1.82, 2.24) is 4.98 Å². The van der Waals surface area contributed by atoms with Gasteiger partial charge in [-0.25, -0.2) is 4.98 Å². The molecule has 0 spiro atoms. The van der Waals surface area contributed by atoms with Gasteiger partial charge in [-0.1, -0.05) is 18.2 Å². The van der Waals surface area contributed by atoms with Crippen molar-refractivity contribution in [2.75, 3.05) is 0 Å². The summed E-state index contributed by atoms with van der Waals surface area (Å²) in [5.74, 6) is 0. The Bertz CT molecular complexity index is 524. The highest BCUT2D eigenvalue weighted by Gasteiger charge is 2.14. The number of benzene rings is 1. The number of aliphatic hydroxyl groups excluding tert-OH is 1. The maximum absolute atomic E-state index is 10.3. The van der Waals surface area contributed by atoms with Crippen LogP contribution < -0.4 is 0 Å². The topological polar surface area (TPSA) is 33.1 Å². The van der Waals surface area contributed by atoms with E-state index in [1.165, 1.54) is 5.56 Å². The highest BCUT2D eigenvalue weighted by molar-refractivity contribution is 14.1. The van der Waals surface area contributed by atoms with Gasteiger partial charge in [0.05, 0.1) is 11.1 Å². The summed E-state index contributed by atoms with van der Waals surface area (Å²) < 4.78 is 1.14. The number of halogens is 1. The molecule has 1 atom stereocenters. The Balaban J connectivity index is 2.20. The van der Waals surface area contributed by atoms with Crippen LogP contribution in [0.1, 0.15) is 27.9 Å². The quantitative estimate of drug-likeness (QED) is 0.849. The Hall–Kier alpha value is -0.460. The van der Waals surface area contributed by atoms with Crippen molar-refractivity contribution < 1.29 is 5.11 Å². The second-order valence-corrected chi connectivity index (χ2v) is 6.10. The van der Waals surface area contributed by atoms with E-state index >= 15 is 0 Å². The Kier molecular flexibility index (Phi) is 4.17. The summed E-state index contributed by atoms with van der Waals surface area (Å²) in [6.45, 7) is 4.04. The van der Waals surface area contributed by atoms with Crippen LogP contribution in [-0.4, -0.2) is 10.1 Å². The zero-order valence-corrected chi connectivity index (χ0v) is 12.7. The van der Waals surface area contributed by atoms with Crippen LogP contribution >= 0.6 is 33.9 Å². The third-order valence-electron chi connectivity index (χ3n) is 2.62. The first kappa shape index (κ1) is 13.0. The lowest BCUT2D eigenvalue weighted by atomic mass is 10.0. The van der Waals surface area contributed by atoms with Crippen LogP contribution in [-0.2, 0) is 6.42 Å². The first-order chi connectivity index (χ1) is 8.08. The number of nitrogens with zero attached hydrogens (tertiary/aromatic N) is 1. The van der Waals surface area contributed by atoms with E-state index in [2.05, 4.69) is 40.6 Å². The van der Waals surface area contributed by atoms with Crippen LogP contribution in [0.25, 0.3) is 0 Å². The maximum atomic E-state index is 10.3. The molecule has 1 unspecified atom stereocenters. The fourth-order valence-corrected chi connectivity index (χ4v) is 3.23. The molecule has 17 heavy (non-hydrogen) atoms. The monoisotopic (exact) mass is 359 g/mol. The lowest BCUT2D eigenvalue weighted by Gasteiger charge is -2.12. The highest BCUT2D eigenvalue weighted by Crippen LogP contribution is 2.26. The van der Waals surface area contributed by atoms with Crippen molar-refractivity contribution in [3.63, 3.8) is 0 Å². The van der Waals surface area contributed by atoms with E-state index in [9.17, 15) is 5.11 Å². The molecule has 4 heteroatoms. The van der Waals surface area contributed by atoms with Crippen LogP contribution in [0.15, 0.2) is 23.6 Å². The molecular formula is C13H14INOS. The molecule has 0 radical (unpaired) electrons. The molecule has 2 aromatic rings. The van der Waals surface area contributed by atoms with Gasteiger partial charge in [0.2, 0.25) is 0 Å². The average molecular weight is 359 g/mol. The van der Waals surface area contributed by atoms with E-state index in [1.54, 1.807) is 11.3 Å². The summed E-state index contributed by atoms with van der Waals surface area (Å²) in [7, 11) is 0. The van der Waals surface area contributed by atoms with Gasteiger partial charge in [-0.3, -0.25) is 0 Å². The van der Waals surface area contributed by atoms with Crippen molar-refractivity contribution in [3.05, 3.63) is 49.0 Å². The molecule has 2 rings (SSSR count). The van der Waals surface area contributed by atoms with Gasteiger partial charge >= 0.3 is 0 Å². The van der Waals surface area contributed by atoms with Gasteiger partial charge < -0.3 is 5.11 Å². The number of aliphatic hydroxyl groups is 1. The van der Waals surface area contributed by atoms with E-state index in [-0.39, 0.29) is 0 Å². The van der Waals surface area contributed by atoms with Gasteiger partial charge in [0.25, 0.3) is 0 Å². The number of hydrogen-bond donors (Lipinski definition) is 1. The van der Waals surface area contributed by atoms with Crippen LogP contribution in [0.3, 0.4) is 0 Å². The molecule has 0 bridgehead atoms. The normalized spacial score (nSPS) is 12.7. The Labute approximate surface area is 119 Å². The highest BCUT2D eigenvalue weighted by atomic mass is 127. The van der Waals surface area contributed by atoms with Crippen LogP contribution in [0.5, 0.6) is 0 Å². The smallest absolute Gasteiger partial charge is 0.0957 e. The number of thiazole rings is 1. The van der Waals surface area contributed by atoms with Crippen molar-refractivity contribution in [2.45, 2.75) is 26.4 Å². The lowest BCUT2D eigenvalue weighted by Crippen LogP contribution is -2.04. The number of rotatable bonds is 3. The van der Waals surface area contributed by atoms with Crippen molar-refractivity contribution in [3.8, 4) is 0 Å². The fourth-order valence-electron chi connectivity index (χ4n) is 1.70. The molecule has 1 heterocycles. The largest absolute Gasteiger partial charge is 0.388 e. The van der Waals surface area contributed by atoms with E-state index in [4.69, 9.17) is 0 Å². The van der Waals surface area contributed by atoms with Gasteiger partial charge in [-0.15, -0.1) is 11.3 Å². The SMILES string of the molecule is Cc1csc(CC(O)c2cccc(C)c2I)n1. The number of aromatic nitrogens is 1. The minimum atomic E-state index is -0.465. The van der Waals surface area contributed by atoms with Crippen molar-refractivity contribution in [2.24, 2.45) is 0 Å². The molecule has 1 aromatic carbocycles. The van der Waals surface area contributed by atoms with E-state index in [1.807, 2.05) is 24.4 Å². The van der Waals surface area contributed by atoms with E-state index in [0.29, 0.717) is 6.42 Å². The maximum Gasteiger partial charge on any atom is 0.0957 e. The molecule has 90 valence electrons. The molecule has 0 amide bonds. The van der Waals surface area contributed by atoms with Gasteiger partial charge in [-0.05, 0) is 47.6 Å². The van der Waals surface area contributed by atoms with Crippen LogP contribution in [0.4, 0.5) is 0 Å². The summed E-state index contributed by atoms with van der Waals surface area (Å²) in [5, 5.41) is 13.3. The second-order valence-electron chi connectivity index (χ2n) is 4.08. The first-order valence-electron chi connectivity index (χ1n) is 5.42. The molecule has 0 aliphatic rings. The van der Waals surface area contributed by atoms with Gasteiger partial charge in [-0.2, -0.15) is 0 Å². The zero-order chi connectivity index (χ0) is 12.4. The van der Waals surface area contributed by atoms with Gasteiger partial charge in [0, 0.05) is 21.1 Å². The standard InChI is InChI=1S/C13H14INOS/c1-8-4-3-5-10(13(8)14)11(16)6-12-15-9(2)7-17-12/h3-5,7,11,16H,6H2,1-2H3. The molecule has 0 fully saturated rings. The second kappa shape index (κ2) is 5.46. The first-order valence-corrected chi connectivity index (χ1v) is 7.38. The molecular weight excluding hydrogens is 345 g/mol. The molecule has 1 N–H and O–H groups in total. The van der Waals surface area contributed by atoms with E-state index < -0.39 is 6.10 Å². The predicted molar refractivity (Wildman–Crippen MR) is 79.4 cm³/mol. The fraction of sp³-hybridized carbons (Fsp3) is 0.308. The number of hydrogen-bond acceptors (Lipinski definition) is 3. The molecule has 0 saturated carbocycles. The predicted octanol–water partition coefficient (Wildman–Crippen LogP) is 3.64. The van der Waals surface area contributed by atoms with Crippen molar-refractivity contribution in [1.29, 1.82) is 0 Å². The minimum absolute atomic E-state index is 0.465. The lowest BCUT2D eigenvalue weighted by molar-refractivity contribution is 0.177. The van der Waals surface area contributed by atoms with Crippen LogP contribution in [0.2, 0.25) is 0 Å². The molecule has 1 aromatic heterocycles. The van der Waals surface area contributed by atoms with Gasteiger partial charge in [0.1, 0.15) is 0 Å².